The van der Waals surface area contributed by atoms with Gasteiger partial charge in [0.05, 0.1) is 25.8 Å². The van der Waals surface area contributed by atoms with Crippen LogP contribution in [0.5, 0.6) is 23.0 Å². The number of alkyl halides is 2. The molecule has 0 N–H and O–H groups in total. The van der Waals surface area contributed by atoms with Crippen LogP contribution in [0.4, 0.5) is 8.78 Å². The molecule has 2 aromatic carbocycles. The molecule has 0 aromatic heterocycles. The molecule has 8 heteroatoms. The summed E-state index contributed by atoms with van der Waals surface area (Å²) in [5.74, 6) is 0.393. The van der Waals surface area contributed by atoms with Gasteiger partial charge < -0.3 is 18.9 Å². The molecule has 0 saturated heterocycles. The fourth-order valence-corrected chi connectivity index (χ4v) is 2.72. The first kappa shape index (κ1) is 21.5. The maximum atomic E-state index is 12.4. The molecule has 0 heterocycles. The Morgan fingerprint density at radius 1 is 1.11 bits per heavy atom. The van der Waals surface area contributed by atoms with Crippen LogP contribution in [0.2, 0.25) is 5.02 Å². The van der Waals surface area contributed by atoms with Gasteiger partial charge in [-0.1, -0.05) is 17.7 Å². The Bertz CT molecular complexity index is 868. The van der Waals surface area contributed by atoms with Crippen LogP contribution in [0.3, 0.4) is 0 Å². The molecule has 0 bridgehead atoms. The molecule has 0 atom stereocenters. The Hall–Kier alpha value is -2.80. The number of hydrogen-bond donors (Lipinski definition) is 0. The molecule has 0 radical (unpaired) electrons. The minimum absolute atomic E-state index is 0.0330. The van der Waals surface area contributed by atoms with Gasteiger partial charge in [-0.15, -0.1) is 0 Å². The summed E-state index contributed by atoms with van der Waals surface area (Å²) in [5.41, 5.74) is 0.881. The molecule has 0 aliphatic rings. The second kappa shape index (κ2) is 9.94. The quantitative estimate of drug-likeness (QED) is 0.415. The number of ether oxygens (including phenoxy) is 4. The van der Waals surface area contributed by atoms with E-state index in [4.69, 9.17) is 25.8 Å². The van der Waals surface area contributed by atoms with E-state index in [-0.39, 0.29) is 22.8 Å². The van der Waals surface area contributed by atoms with Gasteiger partial charge in [0.25, 0.3) is 0 Å². The van der Waals surface area contributed by atoms with Crippen LogP contribution in [0.1, 0.15) is 22.8 Å². The first-order chi connectivity index (χ1) is 13.4. The number of benzene rings is 2. The van der Waals surface area contributed by atoms with Gasteiger partial charge in [0, 0.05) is 5.56 Å². The Morgan fingerprint density at radius 2 is 1.86 bits per heavy atom. The molecular formula is C20H19ClF2O5. The number of ketones is 1. The molecule has 0 spiro atoms. The van der Waals surface area contributed by atoms with Crippen molar-refractivity contribution in [1.29, 1.82) is 0 Å². The summed E-state index contributed by atoms with van der Waals surface area (Å²) in [6.07, 6.45) is 2.89. The summed E-state index contributed by atoms with van der Waals surface area (Å²) in [6.45, 7) is -0.741. The second-order valence-electron chi connectivity index (χ2n) is 5.41. The molecule has 0 aliphatic carbocycles. The maximum Gasteiger partial charge on any atom is 0.387 e. The van der Waals surface area contributed by atoms with Crippen molar-refractivity contribution < 1.29 is 32.5 Å². The Morgan fingerprint density at radius 3 is 2.46 bits per heavy atom. The van der Waals surface area contributed by atoms with E-state index >= 15 is 0 Å². The van der Waals surface area contributed by atoms with E-state index in [1.165, 1.54) is 38.5 Å². The highest BCUT2D eigenvalue weighted by atomic mass is 35.5. The predicted molar refractivity (Wildman–Crippen MR) is 102 cm³/mol. The van der Waals surface area contributed by atoms with E-state index < -0.39 is 6.61 Å². The van der Waals surface area contributed by atoms with Crippen molar-refractivity contribution in [3.63, 3.8) is 0 Å². The van der Waals surface area contributed by atoms with Crippen molar-refractivity contribution >= 4 is 23.5 Å². The highest BCUT2D eigenvalue weighted by Gasteiger charge is 2.14. The zero-order valence-corrected chi connectivity index (χ0v) is 16.3. The van der Waals surface area contributed by atoms with Gasteiger partial charge in [0.15, 0.2) is 28.8 Å². The smallest absolute Gasteiger partial charge is 0.387 e. The van der Waals surface area contributed by atoms with Crippen molar-refractivity contribution in [3.8, 4) is 23.0 Å². The molecule has 0 saturated carbocycles. The Kier molecular flexibility index (Phi) is 7.63. The minimum atomic E-state index is -2.99. The monoisotopic (exact) mass is 412 g/mol. The van der Waals surface area contributed by atoms with Crippen LogP contribution in [-0.2, 0) is 0 Å². The van der Waals surface area contributed by atoms with Gasteiger partial charge in [-0.2, -0.15) is 8.78 Å². The number of carbonyl (C=O) groups is 1. The average molecular weight is 413 g/mol. The highest BCUT2D eigenvalue weighted by Crippen LogP contribution is 2.36. The molecule has 0 unspecified atom stereocenters. The van der Waals surface area contributed by atoms with Crippen LogP contribution in [0.15, 0.2) is 36.4 Å². The molecule has 150 valence electrons. The number of hydrogen-bond acceptors (Lipinski definition) is 5. The largest absolute Gasteiger partial charge is 0.493 e. The van der Waals surface area contributed by atoms with E-state index in [0.29, 0.717) is 28.7 Å². The summed E-state index contributed by atoms with van der Waals surface area (Å²) in [7, 11) is 2.78. The number of methoxy groups -OCH3 is 2. The normalized spacial score (nSPS) is 11.0. The fraction of sp³-hybridized carbons (Fsp3) is 0.250. The SMILES string of the molecule is CCOc1cc(/C=C/C(=O)c2ccc(OC(F)F)c(OC)c2)cc(Cl)c1OC. The van der Waals surface area contributed by atoms with Gasteiger partial charge in [0.1, 0.15) is 0 Å². The van der Waals surface area contributed by atoms with Gasteiger partial charge >= 0.3 is 6.61 Å². The number of rotatable bonds is 9. The van der Waals surface area contributed by atoms with Gasteiger partial charge in [0.2, 0.25) is 0 Å². The summed E-state index contributed by atoms with van der Waals surface area (Å²) < 4.78 is 44.8. The maximum absolute atomic E-state index is 12.4. The van der Waals surface area contributed by atoms with Crippen molar-refractivity contribution in [2.45, 2.75) is 13.5 Å². The average Bonchev–Trinajstić information content (AvgIpc) is 2.66. The predicted octanol–water partition coefficient (Wildman–Crippen LogP) is 5.25. The first-order valence-electron chi connectivity index (χ1n) is 8.25. The van der Waals surface area contributed by atoms with Crippen LogP contribution < -0.4 is 18.9 Å². The summed E-state index contributed by atoms with van der Waals surface area (Å²) in [5, 5.41) is 0.343. The van der Waals surface area contributed by atoms with Crippen LogP contribution in [0.25, 0.3) is 6.08 Å². The minimum Gasteiger partial charge on any atom is -0.493 e. The highest BCUT2D eigenvalue weighted by molar-refractivity contribution is 6.32. The van der Waals surface area contributed by atoms with E-state index in [2.05, 4.69) is 4.74 Å². The standard InChI is InChI=1S/C20H19ClF2O5/c1-4-27-18-10-12(9-14(21)19(18)26-3)5-7-15(24)13-6-8-16(28-20(22)23)17(11-13)25-2/h5-11,20H,4H2,1-3H3/b7-5+. The lowest BCUT2D eigenvalue weighted by Gasteiger charge is -2.12. The third-order valence-electron chi connectivity index (χ3n) is 3.63. The summed E-state index contributed by atoms with van der Waals surface area (Å²) in [4.78, 5) is 12.4. The number of carbonyl (C=O) groups excluding carboxylic acids is 1. The lowest BCUT2D eigenvalue weighted by atomic mass is 10.1. The number of allylic oxidation sites excluding steroid dienone is 1. The molecule has 2 rings (SSSR count). The summed E-state index contributed by atoms with van der Waals surface area (Å²) in [6, 6.07) is 7.28. The molecule has 0 aliphatic heterocycles. The Labute approximate surface area is 166 Å². The number of halogens is 3. The molecule has 0 amide bonds. The van der Waals surface area contributed by atoms with Gasteiger partial charge in [-0.3, -0.25) is 4.79 Å². The van der Waals surface area contributed by atoms with Gasteiger partial charge in [-0.25, -0.2) is 0 Å². The lowest BCUT2D eigenvalue weighted by Crippen LogP contribution is -2.04. The topological polar surface area (TPSA) is 54.0 Å². The third kappa shape index (κ3) is 5.36. The zero-order chi connectivity index (χ0) is 20.7. The van der Waals surface area contributed by atoms with E-state index in [9.17, 15) is 13.6 Å². The van der Waals surface area contributed by atoms with Crippen LogP contribution in [-0.4, -0.2) is 33.2 Å². The van der Waals surface area contributed by atoms with Crippen molar-refractivity contribution in [1.82, 2.24) is 0 Å². The van der Waals surface area contributed by atoms with E-state index in [0.717, 1.165) is 0 Å². The second-order valence-corrected chi connectivity index (χ2v) is 5.82. The van der Waals surface area contributed by atoms with Crippen molar-refractivity contribution in [2.75, 3.05) is 20.8 Å². The van der Waals surface area contributed by atoms with Crippen molar-refractivity contribution in [3.05, 3.63) is 52.6 Å². The molecule has 28 heavy (non-hydrogen) atoms. The summed E-state index contributed by atoms with van der Waals surface area (Å²) >= 11 is 6.19. The zero-order valence-electron chi connectivity index (χ0n) is 15.5. The van der Waals surface area contributed by atoms with Gasteiger partial charge in [-0.05, 0) is 48.9 Å². The Balaban J connectivity index is 2.26. The van der Waals surface area contributed by atoms with Crippen molar-refractivity contribution in [2.24, 2.45) is 0 Å². The molecule has 5 nitrogen and oxygen atoms in total. The third-order valence-corrected chi connectivity index (χ3v) is 3.91. The first-order valence-corrected chi connectivity index (χ1v) is 8.63. The molecule has 2 aromatic rings. The van der Waals surface area contributed by atoms with E-state index in [1.807, 2.05) is 6.92 Å². The van der Waals surface area contributed by atoms with Crippen LogP contribution >= 0.6 is 11.6 Å². The van der Waals surface area contributed by atoms with E-state index in [1.54, 1.807) is 18.2 Å². The molecule has 0 fully saturated rings. The fourth-order valence-electron chi connectivity index (χ4n) is 2.43. The lowest BCUT2D eigenvalue weighted by molar-refractivity contribution is -0.0512. The molecular weight excluding hydrogens is 394 g/mol. The van der Waals surface area contributed by atoms with Crippen LogP contribution in [0, 0.1) is 0 Å².